The van der Waals surface area contributed by atoms with Crippen LogP contribution in [0.3, 0.4) is 0 Å². The molecular formula is C25H34O8S. The van der Waals surface area contributed by atoms with Gasteiger partial charge in [-0.3, -0.25) is 0 Å². The quantitative estimate of drug-likeness (QED) is 0.427. The van der Waals surface area contributed by atoms with E-state index in [1.807, 2.05) is 19.1 Å². The Kier molecular flexibility index (Phi) is 9.04. The molecule has 0 aliphatic carbocycles. The number of aromatic hydroxyl groups is 1. The second-order valence-corrected chi connectivity index (χ2v) is 10.2. The number of phenolic OH excluding ortho intramolecular Hbond substituents is 1. The van der Waals surface area contributed by atoms with Crippen LogP contribution in [0.25, 0.3) is 0 Å². The topological polar surface area (TPSA) is 101 Å². The van der Waals surface area contributed by atoms with Crippen molar-refractivity contribution in [2.75, 3.05) is 40.3 Å². The molecule has 2 aromatic rings. The Hall–Kier alpha value is -2.49. The van der Waals surface area contributed by atoms with Gasteiger partial charge >= 0.3 is 0 Å². The van der Waals surface area contributed by atoms with Crippen LogP contribution < -0.4 is 14.2 Å². The summed E-state index contributed by atoms with van der Waals surface area (Å²) in [6, 6.07) is 8.39. The van der Waals surface area contributed by atoms with Crippen molar-refractivity contribution in [3.8, 4) is 23.0 Å². The van der Waals surface area contributed by atoms with E-state index >= 15 is 0 Å². The molecule has 0 amide bonds. The minimum absolute atomic E-state index is 0.0640. The maximum atomic E-state index is 12.6. The zero-order chi connectivity index (χ0) is 24.7. The van der Waals surface area contributed by atoms with Crippen LogP contribution in [0.15, 0.2) is 35.2 Å². The van der Waals surface area contributed by atoms with E-state index in [-0.39, 0.29) is 28.6 Å². The van der Waals surface area contributed by atoms with Gasteiger partial charge in [0.2, 0.25) is 5.75 Å². The summed E-state index contributed by atoms with van der Waals surface area (Å²) in [7, 11) is 1.08. The summed E-state index contributed by atoms with van der Waals surface area (Å²) >= 11 is 0. The molecule has 2 aromatic carbocycles. The second-order valence-electron chi connectivity index (χ2n) is 8.16. The van der Waals surface area contributed by atoms with E-state index in [1.54, 1.807) is 27.4 Å². The van der Waals surface area contributed by atoms with Gasteiger partial charge in [-0.25, -0.2) is 8.42 Å². The third kappa shape index (κ3) is 5.95. The molecule has 8 nitrogen and oxygen atoms in total. The molecule has 0 unspecified atom stereocenters. The van der Waals surface area contributed by atoms with E-state index in [0.29, 0.717) is 36.9 Å². The Bertz CT molecular complexity index is 1040. The lowest BCUT2D eigenvalue weighted by molar-refractivity contribution is 0.0436. The summed E-state index contributed by atoms with van der Waals surface area (Å²) in [6.07, 6.45) is 2.27. The first-order valence-electron chi connectivity index (χ1n) is 11.4. The monoisotopic (exact) mass is 494 g/mol. The lowest BCUT2D eigenvalue weighted by atomic mass is 10.0. The van der Waals surface area contributed by atoms with Crippen molar-refractivity contribution >= 4 is 9.84 Å². The first-order valence-corrected chi connectivity index (χ1v) is 13.1. The summed E-state index contributed by atoms with van der Waals surface area (Å²) in [6.45, 7) is 2.99. The summed E-state index contributed by atoms with van der Waals surface area (Å²) in [4.78, 5) is -0.0640. The average Bonchev–Trinajstić information content (AvgIpc) is 3.33. The normalized spacial score (nSPS) is 18.1. The predicted molar refractivity (Wildman–Crippen MR) is 128 cm³/mol. The van der Waals surface area contributed by atoms with Crippen molar-refractivity contribution in [2.24, 2.45) is 0 Å². The highest BCUT2D eigenvalue weighted by Crippen LogP contribution is 2.46. The molecule has 1 fully saturated rings. The lowest BCUT2D eigenvalue weighted by Gasteiger charge is -2.18. The Morgan fingerprint density at radius 3 is 2.15 bits per heavy atom. The summed E-state index contributed by atoms with van der Waals surface area (Å²) in [5.41, 5.74) is 1.63. The number of ether oxygens (including phenoxy) is 5. The van der Waals surface area contributed by atoms with Crippen LogP contribution in [0.2, 0.25) is 0 Å². The highest BCUT2D eigenvalue weighted by atomic mass is 32.2. The molecule has 0 spiro atoms. The van der Waals surface area contributed by atoms with Crippen molar-refractivity contribution in [1.82, 2.24) is 0 Å². The van der Waals surface area contributed by atoms with Gasteiger partial charge in [-0.1, -0.05) is 13.0 Å². The number of rotatable bonds is 12. The summed E-state index contributed by atoms with van der Waals surface area (Å²) in [5, 5.41) is 10.5. The largest absolute Gasteiger partial charge is 0.507 e. The van der Waals surface area contributed by atoms with Crippen molar-refractivity contribution in [1.29, 1.82) is 0 Å². The van der Waals surface area contributed by atoms with E-state index in [2.05, 4.69) is 0 Å². The van der Waals surface area contributed by atoms with Crippen molar-refractivity contribution in [2.45, 2.75) is 49.7 Å². The molecule has 0 aromatic heterocycles. The van der Waals surface area contributed by atoms with Crippen molar-refractivity contribution in [3.05, 3.63) is 41.5 Å². The fourth-order valence-corrected chi connectivity index (χ4v) is 5.49. The molecule has 1 N–H and O–H groups in total. The summed E-state index contributed by atoms with van der Waals surface area (Å²) in [5.74, 6) is 1.29. The van der Waals surface area contributed by atoms with Crippen LogP contribution in [0.4, 0.5) is 0 Å². The molecule has 1 aliphatic heterocycles. The van der Waals surface area contributed by atoms with Crippen LogP contribution in [0.1, 0.15) is 55.9 Å². The standard InChI is InChI=1S/C25H34O8S/c1-5-11-32-12-6-13-34(27,28)24-10-7-17(14-19(24)26)20-8-9-21(33-20)18-15-22(29-2)25(31-4)23(16-18)30-3/h7,10,14-16,20-21,26H,5-6,8-9,11-13H2,1-4H3/t20-,21-/m0/s1. The third-order valence-electron chi connectivity index (χ3n) is 5.82. The molecule has 0 bridgehead atoms. The Labute approximate surface area is 201 Å². The molecule has 188 valence electrons. The van der Waals surface area contributed by atoms with E-state index in [1.165, 1.54) is 12.1 Å². The molecule has 34 heavy (non-hydrogen) atoms. The smallest absolute Gasteiger partial charge is 0.203 e. The van der Waals surface area contributed by atoms with Crippen LogP contribution in [-0.2, 0) is 19.3 Å². The fourth-order valence-electron chi connectivity index (χ4n) is 4.12. The number of benzene rings is 2. The number of hydrogen-bond donors (Lipinski definition) is 1. The van der Waals surface area contributed by atoms with Gasteiger partial charge in [-0.15, -0.1) is 0 Å². The first kappa shape index (κ1) is 26.1. The zero-order valence-corrected chi connectivity index (χ0v) is 21.0. The maximum absolute atomic E-state index is 12.6. The number of phenols is 1. The van der Waals surface area contributed by atoms with Gasteiger partial charge in [0, 0.05) is 13.2 Å². The Balaban J connectivity index is 1.71. The fraction of sp³-hybridized carbons (Fsp3) is 0.520. The zero-order valence-electron chi connectivity index (χ0n) is 20.2. The van der Waals surface area contributed by atoms with Crippen LogP contribution >= 0.6 is 0 Å². The van der Waals surface area contributed by atoms with Gasteiger partial charge in [0.15, 0.2) is 21.3 Å². The lowest BCUT2D eigenvalue weighted by Crippen LogP contribution is -2.10. The van der Waals surface area contributed by atoms with Gasteiger partial charge in [-0.2, -0.15) is 0 Å². The van der Waals surface area contributed by atoms with Gasteiger partial charge in [0.1, 0.15) is 10.6 Å². The molecule has 0 radical (unpaired) electrons. The minimum atomic E-state index is -3.60. The second kappa shape index (κ2) is 11.8. The average molecular weight is 495 g/mol. The van der Waals surface area contributed by atoms with Gasteiger partial charge in [0.25, 0.3) is 0 Å². The van der Waals surface area contributed by atoms with E-state index < -0.39 is 9.84 Å². The van der Waals surface area contributed by atoms with Gasteiger partial charge in [0.05, 0.1) is 39.3 Å². The first-order chi connectivity index (χ1) is 16.3. The van der Waals surface area contributed by atoms with Crippen molar-refractivity contribution < 1.29 is 37.2 Å². The summed E-state index contributed by atoms with van der Waals surface area (Å²) < 4.78 is 53.2. The van der Waals surface area contributed by atoms with Crippen LogP contribution in [-0.4, -0.2) is 53.8 Å². The third-order valence-corrected chi connectivity index (χ3v) is 7.66. The Morgan fingerprint density at radius 1 is 0.941 bits per heavy atom. The van der Waals surface area contributed by atoms with Crippen molar-refractivity contribution in [3.63, 3.8) is 0 Å². The molecule has 1 saturated heterocycles. The molecule has 3 rings (SSSR count). The molecule has 1 heterocycles. The highest BCUT2D eigenvalue weighted by Gasteiger charge is 2.30. The van der Waals surface area contributed by atoms with E-state index in [4.69, 9.17) is 23.7 Å². The highest BCUT2D eigenvalue weighted by molar-refractivity contribution is 7.91. The van der Waals surface area contributed by atoms with Gasteiger partial charge in [-0.05, 0) is 61.1 Å². The van der Waals surface area contributed by atoms with Gasteiger partial charge < -0.3 is 28.8 Å². The number of methoxy groups -OCH3 is 3. The minimum Gasteiger partial charge on any atom is -0.507 e. The molecule has 2 atom stereocenters. The molecular weight excluding hydrogens is 460 g/mol. The maximum Gasteiger partial charge on any atom is 0.203 e. The SMILES string of the molecule is CCCOCCCS(=O)(=O)c1ccc([C@@H]2CC[C@@H](c3cc(OC)c(OC)c(OC)c3)O2)cc1O. The number of hydrogen-bond acceptors (Lipinski definition) is 8. The van der Waals surface area contributed by atoms with E-state index in [0.717, 1.165) is 30.4 Å². The molecule has 9 heteroatoms. The van der Waals surface area contributed by atoms with Crippen LogP contribution in [0.5, 0.6) is 23.0 Å². The predicted octanol–water partition coefficient (Wildman–Crippen LogP) is 4.60. The van der Waals surface area contributed by atoms with E-state index in [9.17, 15) is 13.5 Å². The Morgan fingerprint density at radius 2 is 1.59 bits per heavy atom. The molecule has 1 aliphatic rings. The number of sulfone groups is 1. The molecule has 0 saturated carbocycles. The van der Waals surface area contributed by atoms with Crippen LogP contribution in [0, 0.1) is 0 Å².